The van der Waals surface area contributed by atoms with Crippen molar-refractivity contribution in [2.75, 3.05) is 7.11 Å². The van der Waals surface area contributed by atoms with Crippen molar-refractivity contribution in [3.05, 3.63) is 34.9 Å². The second kappa shape index (κ2) is 4.74. The van der Waals surface area contributed by atoms with Crippen molar-refractivity contribution in [1.82, 2.24) is 5.48 Å². The first-order valence-corrected chi connectivity index (χ1v) is 4.08. The van der Waals surface area contributed by atoms with Gasteiger partial charge in [0, 0.05) is 12.1 Å². The van der Waals surface area contributed by atoms with Crippen LogP contribution >= 0.6 is 0 Å². The Morgan fingerprint density at radius 1 is 1.54 bits per heavy atom. The number of aryl methyl sites for hydroxylation is 1. The third-order valence-electron chi connectivity index (χ3n) is 1.84. The summed E-state index contributed by atoms with van der Waals surface area (Å²) in [5, 5.41) is 0. The molecule has 0 heterocycles. The van der Waals surface area contributed by atoms with Crippen LogP contribution in [0.5, 0.6) is 0 Å². The van der Waals surface area contributed by atoms with Crippen LogP contribution in [0.4, 0.5) is 0 Å². The highest BCUT2D eigenvalue weighted by atomic mass is 16.6. The number of benzene rings is 1. The van der Waals surface area contributed by atoms with E-state index in [1.807, 2.05) is 25.1 Å². The van der Waals surface area contributed by atoms with Crippen LogP contribution in [0.3, 0.4) is 0 Å². The first kappa shape index (κ1) is 9.89. The summed E-state index contributed by atoms with van der Waals surface area (Å²) in [6.07, 6.45) is 0.861. The van der Waals surface area contributed by atoms with Crippen molar-refractivity contribution in [3.8, 4) is 0 Å². The maximum Gasteiger partial charge on any atom is 0.150 e. The van der Waals surface area contributed by atoms with Gasteiger partial charge in [-0.3, -0.25) is 4.79 Å². The van der Waals surface area contributed by atoms with Crippen LogP contribution in [0, 0.1) is 6.92 Å². The van der Waals surface area contributed by atoms with Crippen molar-refractivity contribution >= 4 is 6.29 Å². The predicted molar refractivity (Wildman–Crippen MR) is 50.4 cm³/mol. The number of hydrogen-bond donors (Lipinski definition) is 1. The zero-order valence-corrected chi connectivity index (χ0v) is 7.83. The molecule has 0 spiro atoms. The molecule has 0 amide bonds. The number of nitrogens with one attached hydrogen (secondary N) is 1. The molecule has 0 radical (unpaired) electrons. The van der Waals surface area contributed by atoms with E-state index in [9.17, 15) is 4.79 Å². The quantitative estimate of drug-likeness (QED) is 0.561. The zero-order valence-electron chi connectivity index (χ0n) is 7.83. The molecule has 0 aromatic heterocycles. The fourth-order valence-electron chi connectivity index (χ4n) is 1.13. The van der Waals surface area contributed by atoms with E-state index in [1.54, 1.807) is 7.11 Å². The molecule has 0 saturated carbocycles. The highest BCUT2D eigenvalue weighted by Crippen LogP contribution is 2.09. The number of hydrogen-bond acceptors (Lipinski definition) is 3. The highest BCUT2D eigenvalue weighted by Gasteiger charge is 2.00. The lowest BCUT2D eigenvalue weighted by molar-refractivity contribution is 0.0863. The highest BCUT2D eigenvalue weighted by molar-refractivity contribution is 5.77. The lowest BCUT2D eigenvalue weighted by Gasteiger charge is -2.05. The van der Waals surface area contributed by atoms with Gasteiger partial charge in [-0.2, -0.15) is 5.48 Å². The summed E-state index contributed by atoms with van der Waals surface area (Å²) < 4.78 is 0. The molecule has 1 rings (SSSR count). The Morgan fingerprint density at radius 3 is 2.92 bits per heavy atom. The summed E-state index contributed by atoms with van der Waals surface area (Å²) in [6, 6.07) is 5.75. The first-order valence-electron chi connectivity index (χ1n) is 4.08. The summed E-state index contributed by atoms with van der Waals surface area (Å²) in [5.74, 6) is 0. The Labute approximate surface area is 77.7 Å². The van der Waals surface area contributed by atoms with Gasteiger partial charge in [-0.1, -0.05) is 17.7 Å². The topological polar surface area (TPSA) is 38.3 Å². The van der Waals surface area contributed by atoms with E-state index in [2.05, 4.69) is 5.48 Å². The average Bonchev–Trinajstić information content (AvgIpc) is 2.16. The smallest absolute Gasteiger partial charge is 0.150 e. The number of rotatable bonds is 4. The molecule has 70 valence electrons. The van der Waals surface area contributed by atoms with E-state index in [0.717, 1.165) is 17.4 Å². The molecule has 1 N–H and O–H groups in total. The van der Waals surface area contributed by atoms with Crippen molar-refractivity contribution in [2.45, 2.75) is 13.5 Å². The van der Waals surface area contributed by atoms with Gasteiger partial charge in [-0.05, 0) is 18.6 Å². The molecule has 0 aliphatic heterocycles. The molecule has 3 heteroatoms. The Balaban J connectivity index is 2.86. The van der Waals surface area contributed by atoms with Crippen LogP contribution in [0.15, 0.2) is 18.2 Å². The van der Waals surface area contributed by atoms with Gasteiger partial charge in [-0.25, -0.2) is 0 Å². The summed E-state index contributed by atoms with van der Waals surface area (Å²) in [6.45, 7) is 2.51. The molecule has 0 unspecified atom stereocenters. The maximum absolute atomic E-state index is 10.7. The molecule has 1 aromatic carbocycles. The second-order valence-corrected chi connectivity index (χ2v) is 2.85. The average molecular weight is 179 g/mol. The molecule has 1 aromatic rings. The molecule has 3 nitrogen and oxygen atoms in total. The van der Waals surface area contributed by atoms with Gasteiger partial charge in [0.2, 0.25) is 0 Å². The minimum Gasteiger partial charge on any atom is -0.305 e. The van der Waals surface area contributed by atoms with E-state index in [4.69, 9.17) is 4.84 Å². The molecule has 0 bridgehead atoms. The van der Waals surface area contributed by atoms with Crippen molar-refractivity contribution < 1.29 is 9.63 Å². The van der Waals surface area contributed by atoms with E-state index in [0.29, 0.717) is 12.1 Å². The zero-order chi connectivity index (χ0) is 9.68. The van der Waals surface area contributed by atoms with E-state index < -0.39 is 0 Å². The van der Waals surface area contributed by atoms with Gasteiger partial charge < -0.3 is 4.84 Å². The minimum absolute atomic E-state index is 0.546. The number of hydroxylamine groups is 1. The number of aldehydes is 1. The van der Waals surface area contributed by atoms with Crippen LogP contribution in [0.25, 0.3) is 0 Å². The van der Waals surface area contributed by atoms with Crippen molar-refractivity contribution in [1.29, 1.82) is 0 Å². The third-order valence-corrected chi connectivity index (χ3v) is 1.84. The van der Waals surface area contributed by atoms with Crippen LogP contribution in [0.2, 0.25) is 0 Å². The molecule has 0 saturated heterocycles. The molecule has 0 aliphatic rings. The van der Waals surface area contributed by atoms with E-state index in [1.165, 1.54) is 0 Å². The molecule has 13 heavy (non-hydrogen) atoms. The number of carbonyl (C=O) groups excluding carboxylic acids is 1. The fourth-order valence-corrected chi connectivity index (χ4v) is 1.13. The van der Waals surface area contributed by atoms with Gasteiger partial charge >= 0.3 is 0 Å². The Kier molecular flexibility index (Phi) is 3.61. The van der Waals surface area contributed by atoms with Crippen molar-refractivity contribution in [3.63, 3.8) is 0 Å². The normalized spacial score (nSPS) is 10.0. The Morgan fingerprint density at radius 2 is 2.31 bits per heavy atom. The summed E-state index contributed by atoms with van der Waals surface area (Å²) in [7, 11) is 1.55. The lowest BCUT2D eigenvalue weighted by atomic mass is 10.1. The first-order chi connectivity index (χ1) is 6.27. The van der Waals surface area contributed by atoms with Gasteiger partial charge in [0.25, 0.3) is 0 Å². The standard InChI is InChI=1S/C10H13NO2/c1-8-3-4-9(6-11-13-2)10(5-8)7-12/h3-5,7,11H,6H2,1-2H3. The molecular weight excluding hydrogens is 166 g/mol. The van der Waals surface area contributed by atoms with E-state index in [-0.39, 0.29) is 0 Å². The lowest BCUT2D eigenvalue weighted by Crippen LogP contribution is -2.12. The second-order valence-electron chi connectivity index (χ2n) is 2.85. The number of carbonyl (C=O) groups is 1. The van der Waals surface area contributed by atoms with Gasteiger partial charge in [0.15, 0.2) is 0 Å². The predicted octanol–water partition coefficient (Wildman–Crippen LogP) is 1.46. The summed E-state index contributed by atoms with van der Waals surface area (Å²) in [5.41, 5.74) is 5.45. The van der Waals surface area contributed by atoms with Gasteiger partial charge in [-0.15, -0.1) is 0 Å². The fraction of sp³-hybridized carbons (Fsp3) is 0.300. The SMILES string of the molecule is CONCc1ccc(C)cc1C=O. The largest absolute Gasteiger partial charge is 0.305 e. The molecule has 0 atom stereocenters. The monoisotopic (exact) mass is 179 g/mol. The third kappa shape index (κ3) is 2.65. The van der Waals surface area contributed by atoms with Crippen LogP contribution in [-0.2, 0) is 11.4 Å². The van der Waals surface area contributed by atoms with Crippen LogP contribution in [0.1, 0.15) is 21.5 Å². The van der Waals surface area contributed by atoms with Crippen LogP contribution < -0.4 is 5.48 Å². The summed E-state index contributed by atoms with van der Waals surface area (Å²) in [4.78, 5) is 15.4. The van der Waals surface area contributed by atoms with Gasteiger partial charge in [0.05, 0.1) is 7.11 Å². The Bertz CT molecular complexity index is 297. The van der Waals surface area contributed by atoms with E-state index >= 15 is 0 Å². The molecule has 0 aliphatic carbocycles. The minimum atomic E-state index is 0.546. The molecular formula is C10H13NO2. The maximum atomic E-state index is 10.7. The molecule has 0 fully saturated rings. The summed E-state index contributed by atoms with van der Waals surface area (Å²) >= 11 is 0. The van der Waals surface area contributed by atoms with Gasteiger partial charge in [0.1, 0.15) is 6.29 Å². The van der Waals surface area contributed by atoms with Crippen molar-refractivity contribution in [2.24, 2.45) is 0 Å². The Hall–Kier alpha value is -1.19. The van der Waals surface area contributed by atoms with Crippen LogP contribution in [-0.4, -0.2) is 13.4 Å².